The van der Waals surface area contributed by atoms with Gasteiger partial charge < -0.3 is 38.3 Å². The van der Waals surface area contributed by atoms with Crippen LogP contribution in [0.3, 0.4) is 0 Å². The number of rotatable bonds is 20. The first-order valence-electron chi connectivity index (χ1n) is 25.1. The zero-order valence-electron chi connectivity index (χ0n) is 44.0. The first kappa shape index (κ1) is 59.0. The summed E-state index contributed by atoms with van der Waals surface area (Å²) in [5.41, 5.74) is 1.36. The molecule has 0 radical (unpaired) electrons. The summed E-state index contributed by atoms with van der Waals surface area (Å²) >= 11 is 0. The van der Waals surface area contributed by atoms with E-state index in [0.29, 0.717) is 71.1 Å². The number of halogens is 10. The molecule has 10 rings (SSSR count). The van der Waals surface area contributed by atoms with E-state index in [4.69, 9.17) is 18.9 Å². The zero-order valence-corrected chi connectivity index (χ0v) is 44.0. The van der Waals surface area contributed by atoms with Gasteiger partial charge in [0, 0.05) is 86.7 Å². The largest absolute Gasteiger partial charge is 0.478 e. The topological polar surface area (TPSA) is 173 Å². The molecule has 84 heavy (non-hydrogen) atoms. The fourth-order valence-corrected chi connectivity index (χ4v) is 8.87. The van der Waals surface area contributed by atoms with Crippen molar-refractivity contribution >= 4 is 34.0 Å². The van der Waals surface area contributed by atoms with Gasteiger partial charge in [-0.3, -0.25) is 0 Å². The normalized spacial score (nSPS) is 11.3. The van der Waals surface area contributed by atoms with Crippen molar-refractivity contribution in [2.75, 3.05) is 27.4 Å². The molecule has 0 bridgehead atoms. The molecule has 10 aromatic rings. The highest BCUT2D eigenvalue weighted by Gasteiger charge is 2.22. The molecule has 0 aliphatic carbocycles. The third-order valence-electron chi connectivity index (χ3n) is 13.1. The Kier molecular flexibility index (Phi) is 18.0. The molecule has 4 aromatic heterocycles. The van der Waals surface area contributed by atoms with Crippen LogP contribution >= 0.6 is 0 Å². The average Bonchev–Trinajstić information content (AvgIpc) is 3.85. The molecule has 0 aliphatic rings. The van der Waals surface area contributed by atoms with Gasteiger partial charge in [-0.15, -0.1) is 0 Å². The molecule has 0 saturated heterocycles. The van der Waals surface area contributed by atoms with Crippen molar-refractivity contribution in [2.45, 2.75) is 39.1 Å². The van der Waals surface area contributed by atoms with Crippen molar-refractivity contribution < 1.29 is 82.7 Å². The molecule has 24 heteroatoms. The van der Waals surface area contributed by atoms with Gasteiger partial charge in [0.25, 0.3) is 0 Å². The lowest BCUT2D eigenvalue weighted by Gasteiger charge is -2.12. The number of benzene rings is 6. The minimum atomic E-state index is -1.34. The number of fused-ring (bicyclic) bond motifs is 2. The molecule has 2 N–H and O–H groups in total. The Morgan fingerprint density at radius 3 is 1.18 bits per heavy atom. The van der Waals surface area contributed by atoms with Crippen molar-refractivity contribution in [1.29, 1.82) is 0 Å². The van der Waals surface area contributed by atoms with E-state index < -0.39 is 83.3 Å². The lowest BCUT2D eigenvalue weighted by Crippen LogP contribution is -2.10. The second-order valence-electron chi connectivity index (χ2n) is 18.6. The number of hydrogen-bond donors (Lipinski definition) is 2. The van der Waals surface area contributed by atoms with E-state index in [1.807, 2.05) is 0 Å². The second-order valence-corrected chi connectivity index (χ2v) is 18.6. The highest BCUT2D eigenvalue weighted by molar-refractivity contribution is 5.93. The first-order valence-corrected chi connectivity index (χ1v) is 25.1. The van der Waals surface area contributed by atoms with Crippen LogP contribution in [0.2, 0.25) is 0 Å². The van der Waals surface area contributed by atoms with E-state index in [2.05, 4.69) is 19.9 Å². The third-order valence-corrected chi connectivity index (χ3v) is 13.1. The molecule has 0 atom stereocenters. The van der Waals surface area contributed by atoms with Crippen LogP contribution in [0.15, 0.2) is 121 Å². The van der Waals surface area contributed by atoms with E-state index in [1.165, 1.54) is 74.9 Å². The van der Waals surface area contributed by atoms with Gasteiger partial charge in [-0.25, -0.2) is 73.4 Å². The number of carboxylic acid groups (broad SMARTS) is 2. The van der Waals surface area contributed by atoms with Crippen LogP contribution in [0.25, 0.3) is 44.6 Å². The number of aromatic nitrogens is 6. The number of aromatic carboxylic acids is 2. The quantitative estimate of drug-likeness (QED) is 0.0547. The average molecular weight is 1170 g/mol. The smallest absolute Gasteiger partial charge is 0.335 e. The van der Waals surface area contributed by atoms with Gasteiger partial charge in [-0.1, -0.05) is 12.1 Å². The maximum atomic E-state index is 15.3. The first-order chi connectivity index (χ1) is 40.3. The monoisotopic (exact) mass is 1170 g/mol. The third kappa shape index (κ3) is 13.3. The Balaban J connectivity index is 0.000000202. The van der Waals surface area contributed by atoms with Crippen LogP contribution in [0.4, 0.5) is 43.9 Å². The van der Waals surface area contributed by atoms with Crippen LogP contribution < -0.4 is 9.47 Å². The highest BCUT2D eigenvalue weighted by atomic mass is 19.2. The van der Waals surface area contributed by atoms with Crippen LogP contribution in [-0.2, 0) is 48.6 Å². The van der Waals surface area contributed by atoms with Crippen LogP contribution in [0, 0.1) is 58.2 Å². The predicted molar refractivity (Wildman–Crippen MR) is 283 cm³/mol. The molecule has 0 amide bonds. The van der Waals surface area contributed by atoms with Gasteiger partial charge in [0.15, 0.2) is 23.3 Å². The maximum Gasteiger partial charge on any atom is 0.335 e. The van der Waals surface area contributed by atoms with Crippen molar-refractivity contribution in [3.05, 3.63) is 225 Å². The molecular formula is C60H44F10N6O8. The van der Waals surface area contributed by atoms with E-state index in [9.17, 15) is 46.1 Å². The summed E-state index contributed by atoms with van der Waals surface area (Å²) < 4.78 is 167. The fraction of sp³-hybridized carbons (Fsp3) is 0.167. The van der Waals surface area contributed by atoms with Gasteiger partial charge in [0.05, 0.1) is 57.8 Å². The fourth-order valence-electron chi connectivity index (χ4n) is 8.87. The Bertz CT molecular complexity index is 3880. The summed E-state index contributed by atoms with van der Waals surface area (Å²) in [5, 5.41) is 18.7. The predicted octanol–water partition coefficient (Wildman–Crippen LogP) is 12.6. The molecule has 6 aromatic carbocycles. The molecule has 0 aliphatic heterocycles. The van der Waals surface area contributed by atoms with E-state index in [-0.39, 0.29) is 93.7 Å². The van der Waals surface area contributed by atoms with Crippen LogP contribution in [0.5, 0.6) is 11.8 Å². The summed E-state index contributed by atoms with van der Waals surface area (Å²) in [5.74, 6) is -11.8. The SMILES string of the molecule is COCCn1c(Cc2cc(F)c(-c3cccc(OCc4cc(F)c(F)cc4F)n3)cc2F)nc2ccc(C(=O)O)cc21.COCCn1c(Cc2cc(F)c(-c3cccc(OCc4cc(F)c(F)cc4F)n3)cc2F)nc2ccc(C(=O)O)cc21. The van der Waals surface area contributed by atoms with E-state index in [1.54, 1.807) is 21.3 Å². The van der Waals surface area contributed by atoms with Crippen molar-refractivity contribution in [3.63, 3.8) is 0 Å². The number of hydrogen-bond acceptors (Lipinski definition) is 10. The number of nitrogens with zero attached hydrogens (tertiary/aromatic N) is 6. The summed E-state index contributed by atoms with van der Waals surface area (Å²) in [6.07, 6.45) is -0.194. The van der Waals surface area contributed by atoms with Crippen LogP contribution in [-0.4, -0.2) is 78.7 Å². The highest BCUT2D eigenvalue weighted by Crippen LogP contribution is 2.31. The number of carboxylic acids is 2. The Morgan fingerprint density at radius 1 is 0.429 bits per heavy atom. The number of carbonyl (C=O) groups is 2. The number of pyridine rings is 2. The molecule has 4 heterocycles. The van der Waals surface area contributed by atoms with Gasteiger partial charge in [-0.2, -0.15) is 0 Å². The van der Waals surface area contributed by atoms with Gasteiger partial charge in [-0.05, 0) is 96.1 Å². The Hall–Kier alpha value is -9.68. The number of ether oxygens (including phenoxy) is 4. The molecular weight excluding hydrogens is 1120 g/mol. The van der Waals surface area contributed by atoms with Crippen molar-refractivity contribution in [2.24, 2.45) is 0 Å². The molecule has 0 saturated carbocycles. The maximum absolute atomic E-state index is 15.3. The molecule has 14 nitrogen and oxygen atoms in total. The van der Waals surface area contributed by atoms with Gasteiger partial charge in [0.2, 0.25) is 11.8 Å². The van der Waals surface area contributed by atoms with Crippen molar-refractivity contribution in [1.82, 2.24) is 29.1 Å². The second kappa shape index (κ2) is 25.6. The molecule has 432 valence electrons. The minimum absolute atomic E-state index is 0.00453. The summed E-state index contributed by atoms with van der Waals surface area (Å²) in [7, 11) is 3.01. The standard InChI is InChI=1S/2C30H22F5N3O4/c2*1-41-8-7-38-27-11-16(30(39)40)5-6-26(27)36-28(38)12-17-9-22(33)19(13-20(17)31)25-3-2-4-29(37-25)42-15-18-10-23(34)24(35)14-21(18)32/h2*2-6,9-11,13-14H,7-8,12,15H2,1H3,(H,39,40). The summed E-state index contributed by atoms with van der Waals surface area (Å²) in [6.45, 7) is 0.203. The lowest BCUT2D eigenvalue weighted by molar-refractivity contribution is 0.0686. The van der Waals surface area contributed by atoms with E-state index in [0.717, 1.165) is 24.3 Å². The van der Waals surface area contributed by atoms with Gasteiger partial charge in [0.1, 0.15) is 59.8 Å². The lowest BCUT2D eigenvalue weighted by atomic mass is 10.0. The Labute approximate surface area is 469 Å². The summed E-state index contributed by atoms with van der Waals surface area (Å²) in [6, 6.07) is 23.6. The Morgan fingerprint density at radius 2 is 0.798 bits per heavy atom. The summed E-state index contributed by atoms with van der Waals surface area (Å²) in [4.78, 5) is 40.2. The molecule has 0 fully saturated rings. The minimum Gasteiger partial charge on any atom is -0.478 e. The van der Waals surface area contributed by atoms with Crippen LogP contribution in [0.1, 0.15) is 54.6 Å². The van der Waals surface area contributed by atoms with Crippen molar-refractivity contribution in [3.8, 4) is 34.3 Å². The molecule has 0 spiro atoms. The zero-order chi connectivity index (χ0) is 59.9. The molecule has 0 unspecified atom stereocenters. The van der Waals surface area contributed by atoms with Gasteiger partial charge >= 0.3 is 11.9 Å². The number of imidazole rings is 2. The number of methoxy groups -OCH3 is 2. The van der Waals surface area contributed by atoms with E-state index >= 15 is 17.6 Å².